The van der Waals surface area contributed by atoms with Crippen LogP contribution in [0.5, 0.6) is 0 Å². The molecule has 3 aromatic rings. The molecule has 0 saturated heterocycles. The zero-order chi connectivity index (χ0) is 11.7. The van der Waals surface area contributed by atoms with E-state index in [1.165, 1.54) is 5.56 Å². The van der Waals surface area contributed by atoms with E-state index in [-0.39, 0.29) is 0 Å². The average molecular weight is 287 g/mol. The number of imidazole rings is 1. The van der Waals surface area contributed by atoms with Crippen molar-refractivity contribution in [2.75, 3.05) is 0 Å². The third kappa shape index (κ3) is 1.87. The van der Waals surface area contributed by atoms with Gasteiger partial charge in [-0.25, -0.2) is 4.98 Å². The Balaban J connectivity index is 2.20. The highest BCUT2D eigenvalue weighted by atomic mass is 79.9. The van der Waals surface area contributed by atoms with Gasteiger partial charge in [0, 0.05) is 10.9 Å². The Morgan fingerprint density at radius 3 is 2.59 bits per heavy atom. The van der Waals surface area contributed by atoms with E-state index in [2.05, 4.69) is 38.0 Å². The van der Waals surface area contributed by atoms with Gasteiger partial charge in [0.1, 0.15) is 5.82 Å². The van der Waals surface area contributed by atoms with Gasteiger partial charge in [-0.15, -0.1) is 0 Å². The van der Waals surface area contributed by atoms with E-state index in [4.69, 9.17) is 0 Å². The largest absolute Gasteiger partial charge is 0.338 e. The molecule has 1 N–H and O–H groups in total. The number of aromatic amines is 1. The van der Waals surface area contributed by atoms with Crippen LogP contribution in [0.3, 0.4) is 0 Å². The second-order valence-electron chi connectivity index (χ2n) is 3.89. The van der Waals surface area contributed by atoms with Crippen LogP contribution in [0.25, 0.3) is 22.4 Å². The number of hydrogen-bond donors (Lipinski definition) is 1. The molecule has 1 aromatic heterocycles. The minimum atomic E-state index is 0.834. The van der Waals surface area contributed by atoms with Crippen molar-refractivity contribution in [1.29, 1.82) is 0 Å². The normalized spacial score (nSPS) is 10.9. The molecule has 0 amide bonds. The molecule has 0 bridgehead atoms. The summed E-state index contributed by atoms with van der Waals surface area (Å²) in [5.74, 6) is 0.932. The van der Waals surface area contributed by atoms with E-state index in [1.807, 2.05) is 36.4 Å². The Labute approximate surface area is 108 Å². The van der Waals surface area contributed by atoms with Crippen molar-refractivity contribution in [3.05, 3.63) is 54.1 Å². The molecule has 0 unspecified atom stereocenters. The molecule has 3 heteroatoms. The predicted molar refractivity (Wildman–Crippen MR) is 74.2 cm³/mol. The van der Waals surface area contributed by atoms with E-state index in [0.717, 1.165) is 27.8 Å². The number of nitrogens with zero attached hydrogens (tertiary/aromatic N) is 1. The number of nitrogens with one attached hydrogen (secondary N) is 1. The fourth-order valence-corrected chi connectivity index (χ4v) is 2.44. The van der Waals surface area contributed by atoms with E-state index >= 15 is 0 Å². The van der Waals surface area contributed by atoms with Crippen LogP contribution in [0.15, 0.2) is 48.5 Å². The number of fused-ring (bicyclic) bond motifs is 1. The van der Waals surface area contributed by atoms with Gasteiger partial charge in [0.05, 0.1) is 11.0 Å². The van der Waals surface area contributed by atoms with E-state index < -0.39 is 0 Å². The number of aromatic nitrogens is 2. The monoisotopic (exact) mass is 286 g/mol. The fourth-order valence-electron chi connectivity index (χ4n) is 1.95. The van der Waals surface area contributed by atoms with Gasteiger partial charge in [0.25, 0.3) is 0 Å². The van der Waals surface area contributed by atoms with Crippen molar-refractivity contribution < 1.29 is 0 Å². The van der Waals surface area contributed by atoms with Crippen LogP contribution in [0, 0.1) is 0 Å². The molecular weight excluding hydrogens is 276 g/mol. The van der Waals surface area contributed by atoms with Crippen molar-refractivity contribution in [2.45, 2.75) is 5.33 Å². The summed E-state index contributed by atoms with van der Waals surface area (Å²) in [6.45, 7) is 0. The maximum Gasteiger partial charge on any atom is 0.138 e. The lowest BCUT2D eigenvalue weighted by molar-refractivity contribution is 1.30. The van der Waals surface area contributed by atoms with Gasteiger partial charge < -0.3 is 4.98 Å². The lowest BCUT2D eigenvalue weighted by Crippen LogP contribution is -1.87. The van der Waals surface area contributed by atoms with Crippen LogP contribution in [-0.4, -0.2) is 9.97 Å². The third-order valence-electron chi connectivity index (χ3n) is 2.81. The van der Waals surface area contributed by atoms with Gasteiger partial charge in [-0.1, -0.05) is 52.3 Å². The molecule has 2 aromatic carbocycles. The highest BCUT2D eigenvalue weighted by Gasteiger charge is 2.07. The number of alkyl halides is 1. The number of hydrogen-bond acceptors (Lipinski definition) is 1. The first-order valence-electron chi connectivity index (χ1n) is 5.47. The molecule has 0 aliphatic heterocycles. The summed E-state index contributed by atoms with van der Waals surface area (Å²) in [5, 5.41) is 0.834. The Hall–Kier alpha value is -1.61. The van der Waals surface area contributed by atoms with Crippen LogP contribution in [0.2, 0.25) is 0 Å². The van der Waals surface area contributed by atoms with E-state index in [9.17, 15) is 0 Å². The molecule has 0 fully saturated rings. The molecule has 0 aliphatic rings. The summed E-state index contributed by atoms with van der Waals surface area (Å²) in [6, 6.07) is 16.4. The van der Waals surface area contributed by atoms with Crippen molar-refractivity contribution >= 4 is 27.0 Å². The van der Waals surface area contributed by atoms with Crippen LogP contribution in [-0.2, 0) is 5.33 Å². The van der Waals surface area contributed by atoms with Crippen molar-refractivity contribution in [1.82, 2.24) is 9.97 Å². The van der Waals surface area contributed by atoms with Gasteiger partial charge in [0.2, 0.25) is 0 Å². The average Bonchev–Trinajstić information content (AvgIpc) is 2.82. The predicted octanol–water partition coefficient (Wildman–Crippen LogP) is 4.12. The number of para-hydroxylation sites is 2. The molecule has 1 heterocycles. The van der Waals surface area contributed by atoms with Crippen LogP contribution in [0.4, 0.5) is 0 Å². The molecule has 0 saturated carbocycles. The van der Waals surface area contributed by atoms with Crippen molar-refractivity contribution in [2.24, 2.45) is 0 Å². The Morgan fingerprint density at radius 1 is 1.00 bits per heavy atom. The first kappa shape index (κ1) is 10.5. The second-order valence-corrected chi connectivity index (χ2v) is 4.45. The maximum atomic E-state index is 4.62. The second kappa shape index (κ2) is 4.34. The van der Waals surface area contributed by atoms with Gasteiger partial charge in [-0.2, -0.15) is 0 Å². The van der Waals surface area contributed by atoms with Crippen LogP contribution in [0.1, 0.15) is 5.56 Å². The molecule has 2 nitrogen and oxygen atoms in total. The highest BCUT2D eigenvalue weighted by molar-refractivity contribution is 9.08. The number of rotatable bonds is 2. The standard InChI is InChI=1S/C14H11BrN2/c15-9-10-5-1-2-6-11(10)14-16-12-7-3-4-8-13(12)17-14/h1-8H,9H2,(H,16,17). The summed E-state index contributed by atoms with van der Waals surface area (Å²) in [5.41, 5.74) is 4.48. The Bertz CT molecular complexity index is 625. The molecule has 0 radical (unpaired) electrons. The first-order chi connectivity index (χ1) is 8.38. The lowest BCUT2D eigenvalue weighted by Gasteiger charge is -2.02. The van der Waals surface area contributed by atoms with Crippen molar-refractivity contribution in [3.63, 3.8) is 0 Å². The SMILES string of the molecule is BrCc1ccccc1-c1nc2ccccc2[nH]1. The summed E-state index contributed by atoms with van der Waals surface area (Å²) in [4.78, 5) is 7.97. The lowest BCUT2D eigenvalue weighted by atomic mass is 10.1. The quantitative estimate of drug-likeness (QED) is 0.705. The van der Waals surface area contributed by atoms with Gasteiger partial charge in [-0.05, 0) is 17.7 Å². The number of H-pyrrole nitrogens is 1. The summed E-state index contributed by atoms with van der Waals surface area (Å²) in [6.07, 6.45) is 0. The summed E-state index contributed by atoms with van der Waals surface area (Å²) < 4.78 is 0. The molecule has 17 heavy (non-hydrogen) atoms. The minimum Gasteiger partial charge on any atom is -0.338 e. The van der Waals surface area contributed by atoms with E-state index in [1.54, 1.807) is 0 Å². The Kier molecular flexibility index (Phi) is 2.69. The van der Waals surface area contributed by atoms with Gasteiger partial charge in [-0.3, -0.25) is 0 Å². The fraction of sp³-hybridized carbons (Fsp3) is 0.0714. The topological polar surface area (TPSA) is 28.7 Å². The highest BCUT2D eigenvalue weighted by Crippen LogP contribution is 2.25. The zero-order valence-corrected chi connectivity index (χ0v) is 10.7. The molecule has 0 atom stereocenters. The summed E-state index contributed by atoms with van der Waals surface area (Å²) >= 11 is 3.51. The molecule has 84 valence electrons. The van der Waals surface area contributed by atoms with E-state index in [0.29, 0.717) is 0 Å². The number of halogens is 1. The number of benzene rings is 2. The third-order valence-corrected chi connectivity index (χ3v) is 3.41. The summed E-state index contributed by atoms with van der Waals surface area (Å²) in [7, 11) is 0. The van der Waals surface area contributed by atoms with Crippen LogP contribution >= 0.6 is 15.9 Å². The smallest absolute Gasteiger partial charge is 0.138 e. The molecule has 3 rings (SSSR count). The molecule has 0 aliphatic carbocycles. The Morgan fingerprint density at radius 2 is 1.76 bits per heavy atom. The van der Waals surface area contributed by atoms with Gasteiger partial charge in [0.15, 0.2) is 0 Å². The van der Waals surface area contributed by atoms with Crippen molar-refractivity contribution in [3.8, 4) is 11.4 Å². The minimum absolute atomic E-state index is 0.834. The molecule has 0 spiro atoms. The zero-order valence-electron chi connectivity index (χ0n) is 9.15. The maximum absolute atomic E-state index is 4.62. The van der Waals surface area contributed by atoms with Crippen LogP contribution < -0.4 is 0 Å². The molecular formula is C14H11BrN2. The van der Waals surface area contributed by atoms with Gasteiger partial charge >= 0.3 is 0 Å². The first-order valence-corrected chi connectivity index (χ1v) is 6.59.